The summed E-state index contributed by atoms with van der Waals surface area (Å²) in [7, 11) is 0. The first-order valence-electron chi connectivity index (χ1n) is 9.68. The highest BCUT2D eigenvalue weighted by Gasteiger charge is 2.37. The molecule has 1 fully saturated rings. The first-order valence-corrected chi connectivity index (χ1v) is 9.68. The normalized spacial score (nSPS) is 15.8. The Morgan fingerprint density at radius 2 is 1.70 bits per heavy atom. The molecule has 10 nitrogen and oxygen atoms in total. The van der Waals surface area contributed by atoms with Gasteiger partial charge in [0.15, 0.2) is 18.1 Å². The topological polar surface area (TPSA) is 136 Å². The summed E-state index contributed by atoms with van der Waals surface area (Å²) in [5, 5.41) is 10.4. The number of amides is 1. The molecule has 1 aromatic rings. The van der Waals surface area contributed by atoms with E-state index in [9.17, 15) is 24.3 Å². The molecule has 10 heteroatoms. The van der Waals surface area contributed by atoms with Crippen LogP contribution in [0.2, 0.25) is 0 Å². The molecule has 0 bridgehead atoms. The summed E-state index contributed by atoms with van der Waals surface area (Å²) >= 11 is 0. The third kappa shape index (κ3) is 6.58. The third-order valence-electron chi connectivity index (χ3n) is 4.76. The Morgan fingerprint density at radius 3 is 2.27 bits per heavy atom. The van der Waals surface area contributed by atoms with Crippen LogP contribution < -0.4 is 5.82 Å². The zero-order valence-corrected chi connectivity index (χ0v) is 17.3. The van der Waals surface area contributed by atoms with Crippen molar-refractivity contribution in [3.63, 3.8) is 0 Å². The largest absolute Gasteiger partial charge is 0.519 e. The molecule has 1 aliphatic rings. The van der Waals surface area contributed by atoms with E-state index in [2.05, 4.69) is 8.83 Å². The molecule has 0 spiro atoms. The minimum Gasteiger partial charge on any atom is -0.462 e. The van der Waals surface area contributed by atoms with Gasteiger partial charge in [0, 0.05) is 30.7 Å². The molecular weight excluding hydrogens is 398 g/mol. The molecule has 0 radical (unpaired) electrons. The van der Waals surface area contributed by atoms with Crippen LogP contribution in [-0.2, 0) is 30.5 Å². The number of carbonyl (C=O) groups excluding carboxylic acids is 3. The second kappa shape index (κ2) is 10.2. The van der Waals surface area contributed by atoms with E-state index in [1.807, 2.05) is 0 Å². The van der Waals surface area contributed by atoms with Crippen LogP contribution in [0.5, 0.6) is 0 Å². The maximum absolute atomic E-state index is 12.4. The van der Waals surface area contributed by atoms with Crippen molar-refractivity contribution in [1.82, 2.24) is 4.90 Å². The van der Waals surface area contributed by atoms with Gasteiger partial charge in [0.2, 0.25) is 0 Å². The number of nitrogens with zero attached hydrogens (tertiary/aromatic N) is 1. The van der Waals surface area contributed by atoms with Crippen LogP contribution in [0.25, 0.3) is 0 Å². The van der Waals surface area contributed by atoms with E-state index in [1.165, 1.54) is 6.92 Å². The number of aryl methyl sites for hydroxylation is 1. The zero-order chi connectivity index (χ0) is 22.3. The van der Waals surface area contributed by atoms with Gasteiger partial charge in [-0.05, 0) is 26.2 Å². The van der Waals surface area contributed by atoms with Crippen LogP contribution in [0.15, 0.2) is 25.8 Å². The Labute approximate surface area is 173 Å². The van der Waals surface area contributed by atoms with Crippen molar-refractivity contribution in [2.45, 2.75) is 52.7 Å². The summed E-state index contributed by atoms with van der Waals surface area (Å²) in [4.78, 5) is 48.5. The quantitative estimate of drug-likeness (QED) is 0.479. The molecule has 0 saturated carbocycles. The van der Waals surface area contributed by atoms with Crippen LogP contribution in [0.4, 0.5) is 0 Å². The van der Waals surface area contributed by atoms with E-state index in [0.29, 0.717) is 13.1 Å². The van der Waals surface area contributed by atoms with Gasteiger partial charge >= 0.3 is 17.8 Å². The van der Waals surface area contributed by atoms with Gasteiger partial charge in [-0.3, -0.25) is 4.79 Å². The van der Waals surface area contributed by atoms with Gasteiger partial charge < -0.3 is 28.3 Å². The van der Waals surface area contributed by atoms with Crippen LogP contribution in [0.3, 0.4) is 0 Å². The number of aliphatic hydroxyl groups is 1. The van der Waals surface area contributed by atoms with E-state index >= 15 is 0 Å². The fraction of sp³-hybridized carbons (Fsp3) is 0.600. The van der Waals surface area contributed by atoms with Gasteiger partial charge in [-0.25, -0.2) is 14.4 Å². The smallest absolute Gasteiger partial charge is 0.462 e. The van der Waals surface area contributed by atoms with Gasteiger partial charge in [0.05, 0.1) is 6.61 Å². The summed E-state index contributed by atoms with van der Waals surface area (Å²) in [6.45, 7) is 5.39. The minimum absolute atomic E-state index is 0.0680. The minimum atomic E-state index is -1.31. The Kier molecular flexibility index (Phi) is 7.99. The molecule has 2 heterocycles. The second-order valence-electron chi connectivity index (χ2n) is 7.76. The molecule has 0 aliphatic carbocycles. The number of piperidine rings is 1. The van der Waals surface area contributed by atoms with Crippen LogP contribution in [0, 0.1) is 12.3 Å². The Bertz CT molecular complexity index is 843. The van der Waals surface area contributed by atoms with E-state index in [0.717, 1.165) is 31.4 Å². The Morgan fingerprint density at radius 1 is 1.10 bits per heavy atom. The second-order valence-corrected chi connectivity index (χ2v) is 7.76. The van der Waals surface area contributed by atoms with Crippen LogP contribution >= 0.6 is 0 Å². The summed E-state index contributed by atoms with van der Waals surface area (Å²) in [5.41, 5.74) is -1.01. The predicted octanol–water partition coefficient (Wildman–Crippen LogP) is 1.08. The van der Waals surface area contributed by atoms with Crippen molar-refractivity contribution in [1.29, 1.82) is 0 Å². The SMILES string of the molecule is Cc1oc(=O)oc1COC(=O)/C=C/C(=O)OCC(C)(C)[C@@H](O)C(=O)N1CCCCC1. The average molecular weight is 425 g/mol. The van der Waals surface area contributed by atoms with Crippen molar-refractivity contribution >= 4 is 17.8 Å². The Balaban J connectivity index is 1.78. The van der Waals surface area contributed by atoms with Crippen molar-refractivity contribution in [3.8, 4) is 0 Å². The predicted molar refractivity (Wildman–Crippen MR) is 102 cm³/mol. The molecule has 1 amide bonds. The average Bonchev–Trinajstić information content (AvgIpc) is 3.05. The highest BCUT2D eigenvalue weighted by molar-refractivity contribution is 5.91. The number of likely N-dealkylation sites (tertiary alicyclic amines) is 1. The highest BCUT2D eigenvalue weighted by Crippen LogP contribution is 2.24. The molecular formula is C20H27NO9. The van der Waals surface area contributed by atoms with Gasteiger partial charge in [-0.1, -0.05) is 13.8 Å². The molecule has 166 valence electrons. The molecule has 1 saturated heterocycles. The summed E-state index contributed by atoms with van der Waals surface area (Å²) < 4.78 is 19.2. The molecule has 0 aromatic carbocycles. The van der Waals surface area contributed by atoms with E-state index in [-0.39, 0.29) is 30.6 Å². The number of aliphatic hydroxyl groups excluding tert-OH is 1. The molecule has 2 rings (SSSR count). The number of hydrogen-bond donors (Lipinski definition) is 1. The molecule has 0 unspecified atom stereocenters. The first-order chi connectivity index (χ1) is 14.1. The van der Waals surface area contributed by atoms with Gasteiger partial charge in [-0.15, -0.1) is 0 Å². The molecule has 1 aliphatic heterocycles. The van der Waals surface area contributed by atoms with E-state index in [4.69, 9.17) is 9.47 Å². The van der Waals surface area contributed by atoms with Gasteiger partial charge in [0.1, 0.15) is 6.10 Å². The van der Waals surface area contributed by atoms with Crippen LogP contribution in [-0.4, -0.2) is 53.7 Å². The number of rotatable bonds is 8. The third-order valence-corrected chi connectivity index (χ3v) is 4.76. The summed E-state index contributed by atoms with van der Waals surface area (Å²) in [6, 6.07) is 0. The lowest BCUT2D eigenvalue weighted by Crippen LogP contribution is -2.49. The lowest BCUT2D eigenvalue weighted by Gasteiger charge is -2.34. The molecule has 1 N–H and O–H groups in total. The number of carbonyl (C=O) groups is 3. The lowest BCUT2D eigenvalue weighted by atomic mass is 9.86. The van der Waals surface area contributed by atoms with Crippen molar-refractivity contribution in [2.24, 2.45) is 5.41 Å². The van der Waals surface area contributed by atoms with Crippen molar-refractivity contribution < 1.29 is 37.8 Å². The lowest BCUT2D eigenvalue weighted by molar-refractivity contribution is -0.155. The van der Waals surface area contributed by atoms with Crippen molar-refractivity contribution in [2.75, 3.05) is 19.7 Å². The Hall–Kier alpha value is -2.88. The maximum atomic E-state index is 12.4. The fourth-order valence-electron chi connectivity index (χ4n) is 2.83. The van der Waals surface area contributed by atoms with Gasteiger partial charge in [0.25, 0.3) is 5.91 Å². The number of ether oxygens (including phenoxy) is 2. The summed E-state index contributed by atoms with van der Waals surface area (Å²) in [6.07, 6.45) is 3.28. The molecule has 30 heavy (non-hydrogen) atoms. The molecule has 1 aromatic heterocycles. The highest BCUT2D eigenvalue weighted by atomic mass is 16.6. The zero-order valence-electron chi connectivity index (χ0n) is 17.3. The molecule has 1 atom stereocenters. The first kappa shape index (κ1) is 23.4. The monoisotopic (exact) mass is 425 g/mol. The van der Waals surface area contributed by atoms with E-state index < -0.39 is 29.3 Å². The number of hydrogen-bond acceptors (Lipinski definition) is 9. The van der Waals surface area contributed by atoms with Gasteiger partial charge in [-0.2, -0.15) is 0 Å². The maximum Gasteiger partial charge on any atom is 0.519 e. The fourth-order valence-corrected chi connectivity index (χ4v) is 2.83. The van der Waals surface area contributed by atoms with E-state index in [1.54, 1.807) is 18.7 Å². The van der Waals surface area contributed by atoms with Crippen molar-refractivity contribution in [3.05, 3.63) is 34.3 Å². The summed E-state index contributed by atoms with van der Waals surface area (Å²) in [5.74, 6) is -2.70. The number of esters is 2. The van der Waals surface area contributed by atoms with Crippen LogP contribution in [0.1, 0.15) is 44.6 Å². The standard InChI is InChI=1S/C20H27NO9/c1-13-14(30-19(26)29-13)11-27-15(22)7-8-16(23)28-12-20(2,3)17(24)18(25)21-9-5-4-6-10-21/h7-8,17,24H,4-6,9-12H2,1-3H3/b8-7+/t17-/m0/s1.